The summed E-state index contributed by atoms with van der Waals surface area (Å²) in [5.74, 6) is 2.31. The molecule has 122 valence electrons. The van der Waals surface area contributed by atoms with Gasteiger partial charge in [0.05, 0.1) is 27.0 Å². The molecule has 4 heteroatoms. The highest BCUT2D eigenvalue weighted by Gasteiger charge is 2.14. The number of nitrogens with zero attached hydrogens (tertiary/aromatic N) is 1. The number of hydrogen-bond donors (Lipinski definition) is 0. The molecule has 0 spiro atoms. The van der Waals surface area contributed by atoms with E-state index in [1.807, 2.05) is 24.3 Å². The Morgan fingerprint density at radius 2 is 1.48 bits per heavy atom. The molecular formula is C19H23NO3. The molecule has 0 atom stereocenters. The van der Waals surface area contributed by atoms with E-state index < -0.39 is 0 Å². The lowest BCUT2D eigenvalue weighted by Crippen LogP contribution is -1.98. The van der Waals surface area contributed by atoms with Crippen LogP contribution in [0.4, 0.5) is 5.69 Å². The normalized spacial score (nSPS) is 11.0. The van der Waals surface area contributed by atoms with Crippen LogP contribution >= 0.6 is 0 Å². The second kappa shape index (κ2) is 7.68. The van der Waals surface area contributed by atoms with E-state index in [0.29, 0.717) is 23.2 Å². The Morgan fingerprint density at radius 3 is 2.00 bits per heavy atom. The van der Waals surface area contributed by atoms with Crippen molar-refractivity contribution in [1.29, 1.82) is 0 Å². The van der Waals surface area contributed by atoms with Gasteiger partial charge in [0.1, 0.15) is 0 Å². The highest BCUT2D eigenvalue weighted by molar-refractivity contribution is 5.87. The van der Waals surface area contributed by atoms with E-state index in [2.05, 4.69) is 31.0 Å². The molecule has 4 nitrogen and oxygen atoms in total. The summed E-state index contributed by atoms with van der Waals surface area (Å²) in [5.41, 5.74) is 3.02. The van der Waals surface area contributed by atoms with Crippen molar-refractivity contribution in [2.45, 2.75) is 19.8 Å². The molecule has 0 aliphatic rings. The van der Waals surface area contributed by atoms with Crippen LogP contribution in [0.3, 0.4) is 0 Å². The van der Waals surface area contributed by atoms with Crippen molar-refractivity contribution in [3.05, 3.63) is 47.5 Å². The Bertz CT molecular complexity index is 676. The van der Waals surface area contributed by atoms with E-state index in [1.165, 1.54) is 5.56 Å². The summed E-state index contributed by atoms with van der Waals surface area (Å²) < 4.78 is 16.1. The van der Waals surface area contributed by atoms with Crippen LogP contribution in [0.15, 0.2) is 41.4 Å². The van der Waals surface area contributed by atoms with Gasteiger partial charge in [-0.05, 0) is 35.7 Å². The molecule has 2 aromatic rings. The monoisotopic (exact) mass is 313 g/mol. The third-order valence-corrected chi connectivity index (χ3v) is 3.65. The van der Waals surface area contributed by atoms with Gasteiger partial charge >= 0.3 is 0 Å². The van der Waals surface area contributed by atoms with Crippen LogP contribution in [0.1, 0.15) is 30.9 Å². The molecule has 0 saturated carbocycles. The van der Waals surface area contributed by atoms with E-state index in [-0.39, 0.29) is 0 Å². The van der Waals surface area contributed by atoms with Crippen LogP contribution in [0.5, 0.6) is 17.2 Å². The van der Waals surface area contributed by atoms with Crippen LogP contribution in [0.2, 0.25) is 0 Å². The first kappa shape index (κ1) is 16.9. The van der Waals surface area contributed by atoms with Gasteiger partial charge in [-0.1, -0.05) is 26.0 Å². The summed E-state index contributed by atoms with van der Waals surface area (Å²) in [7, 11) is 4.79. The lowest BCUT2D eigenvalue weighted by Gasteiger charge is -2.13. The number of ether oxygens (including phenoxy) is 3. The quantitative estimate of drug-likeness (QED) is 0.732. The fourth-order valence-electron chi connectivity index (χ4n) is 2.32. The maximum absolute atomic E-state index is 5.45. The van der Waals surface area contributed by atoms with E-state index in [1.54, 1.807) is 27.5 Å². The summed E-state index contributed by atoms with van der Waals surface area (Å²) in [4.78, 5) is 4.52. The number of aliphatic imine (C=N–C) groups is 1. The van der Waals surface area contributed by atoms with E-state index in [4.69, 9.17) is 14.2 Å². The maximum Gasteiger partial charge on any atom is 0.203 e. The number of benzene rings is 2. The molecule has 0 fully saturated rings. The zero-order chi connectivity index (χ0) is 16.8. The van der Waals surface area contributed by atoms with Crippen molar-refractivity contribution in [2.24, 2.45) is 4.99 Å². The van der Waals surface area contributed by atoms with Gasteiger partial charge in [0.15, 0.2) is 11.5 Å². The summed E-state index contributed by atoms with van der Waals surface area (Å²) in [6.45, 7) is 4.35. The van der Waals surface area contributed by atoms with Crippen molar-refractivity contribution in [2.75, 3.05) is 21.3 Å². The van der Waals surface area contributed by atoms with Crippen molar-refractivity contribution in [3.8, 4) is 17.2 Å². The Morgan fingerprint density at radius 1 is 0.826 bits per heavy atom. The topological polar surface area (TPSA) is 40.0 Å². The lowest BCUT2D eigenvalue weighted by atomic mass is 10.0. The first-order chi connectivity index (χ1) is 11.1. The minimum atomic E-state index is 0.513. The summed E-state index contributed by atoms with van der Waals surface area (Å²) in [6, 6.07) is 12.0. The highest BCUT2D eigenvalue weighted by atomic mass is 16.5. The summed E-state index contributed by atoms with van der Waals surface area (Å²) in [5, 5.41) is 0. The fraction of sp³-hybridized carbons (Fsp3) is 0.316. The van der Waals surface area contributed by atoms with Gasteiger partial charge in [0.2, 0.25) is 5.75 Å². The first-order valence-corrected chi connectivity index (χ1v) is 7.53. The molecule has 0 aliphatic carbocycles. The molecule has 23 heavy (non-hydrogen) atoms. The fourth-order valence-corrected chi connectivity index (χ4v) is 2.32. The van der Waals surface area contributed by atoms with Crippen LogP contribution in [-0.2, 0) is 0 Å². The van der Waals surface area contributed by atoms with Gasteiger partial charge in [-0.3, -0.25) is 4.99 Å². The van der Waals surface area contributed by atoms with E-state index in [9.17, 15) is 0 Å². The van der Waals surface area contributed by atoms with Crippen molar-refractivity contribution < 1.29 is 14.2 Å². The minimum absolute atomic E-state index is 0.513. The Balaban J connectivity index is 2.31. The van der Waals surface area contributed by atoms with E-state index in [0.717, 1.165) is 11.3 Å². The maximum atomic E-state index is 5.45. The van der Waals surface area contributed by atoms with Gasteiger partial charge in [0.25, 0.3) is 0 Å². The lowest BCUT2D eigenvalue weighted by molar-refractivity contribution is 0.324. The van der Waals surface area contributed by atoms with Crippen molar-refractivity contribution in [3.63, 3.8) is 0 Å². The molecule has 0 saturated heterocycles. The second-order valence-electron chi connectivity index (χ2n) is 5.43. The average Bonchev–Trinajstić information content (AvgIpc) is 2.59. The molecule has 2 rings (SSSR count). The zero-order valence-electron chi connectivity index (χ0n) is 14.3. The average molecular weight is 313 g/mol. The molecule has 0 aliphatic heterocycles. The zero-order valence-corrected chi connectivity index (χ0v) is 14.3. The molecular weight excluding hydrogens is 290 g/mol. The third-order valence-electron chi connectivity index (χ3n) is 3.65. The Kier molecular flexibility index (Phi) is 5.63. The molecule has 0 radical (unpaired) electrons. The summed E-state index contributed by atoms with van der Waals surface area (Å²) >= 11 is 0. The van der Waals surface area contributed by atoms with Crippen molar-refractivity contribution in [1.82, 2.24) is 0 Å². The number of methoxy groups -OCH3 is 3. The van der Waals surface area contributed by atoms with Gasteiger partial charge in [-0.15, -0.1) is 0 Å². The molecule has 0 bridgehead atoms. The van der Waals surface area contributed by atoms with Crippen molar-refractivity contribution >= 4 is 11.9 Å². The minimum Gasteiger partial charge on any atom is -0.493 e. The number of hydrogen-bond acceptors (Lipinski definition) is 4. The van der Waals surface area contributed by atoms with Crippen LogP contribution in [0, 0.1) is 0 Å². The molecule has 0 amide bonds. The molecule has 0 aromatic heterocycles. The first-order valence-electron chi connectivity index (χ1n) is 7.53. The van der Waals surface area contributed by atoms with Gasteiger partial charge in [0, 0.05) is 11.8 Å². The van der Waals surface area contributed by atoms with Gasteiger partial charge in [-0.2, -0.15) is 0 Å². The summed E-state index contributed by atoms with van der Waals surface area (Å²) in [6.07, 6.45) is 1.77. The van der Waals surface area contributed by atoms with Crippen LogP contribution in [0.25, 0.3) is 0 Å². The largest absolute Gasteiger partial charge is 0.493 e. The molecule has 0 heterocycles. The van der Waals surface area contributed by atoms with Crippen LogP contribution < -0.4 is 14.2 Å². The Hall–Kier alpha value is -2.49. The second-order valence-corrected chi connectivity index (χ2v) is 5.43. The number of rotatable bonds is 6. The SMILES string of the molecule is COc1ccc(C=Nc2ccc(C(C)C)cc2)c(OC)c1OC. The molecule has 2 aromatic carbocycles. The predicted octanol–water partition coefficient (Wildman–Crippen LogP) is 4.59. The third kappa shape index (κ3) is 3.83. The molecule has 0 N–H and O–H groups in total. The predicted molar refractivity (Wildman–Crippen MR) is 93.9 cm³/mol. The van der Waals surface area contributed by atoms with Gasteiger partial charge in [-0.25, -0.2) is 0 Å². The standard InChI is InChI=1S/C19H23NO3/c1-13(2)14-6-9-16(10-7-14)20-12-15-8-11-17(21-3)19(23-5)18(15)22-4/h6-13H,1-5H3. The highest BCUT2D eigenvalue weighted by Crippen LogP contribution is 2.39. The molecule has 0 unspecified atom stereocenters. The van der Waals surface area contributed by atoms with Crippen LogP contribution in [-0.4, -0.2) is 27.5 Å². The Labute approximate surface area is 137 Å². The van der Waals surface area contributed by atoms with E-state index >= 15 is 0 Å². The van der Waals surface area contributed by atoms with Gasteiger partial charge < -0.3 is 14.2 Å². The smallest absolute Gasteiger partial charge is 0.203 e.